The minimum Gasteiger partial charge on any atom is -0.493 e. The third-order valence-electron chi connectivity index (χ3n) is 4.98. The minimum atomic E-state index is 0.327. The van der Waals surface area contributed by atoms with Crippen LogP contribution in [0.15, 0.2) is 24.7 Å². The van der Waals surface area contributed by atoms with Crippen LogP contribution in [0.3, 0.4) is 0 Å². The molecule has 8 heteroatoms. The zero-order valence-electron chi connectivity index (χ0n) is 15.2. The van der Waals surface area contributed by atoms with Gasteiger partial charge in [-0.15, -0.1) is 15.3 Å². The van der Waals surface area contributed by atoms with E-state index in [4.69, 9.17) is 9.47 Å². The van der Waals surface area contributed by atoms with Gasteiger partial charge in [-0.3, -0.25) is 0 Å². The first kappa shape index (κ1) is 16.6. The van der Waals surface area contributed by atoms with E-state index < -0.39 is 0 Å². The van der Waals surface area contributed by atoms with Crippen LogP contribution in [0.25, 0.3) is 10.8 Å². The van der Waals surface area contributed by atoms with Crippen molar-refractivity contribution >= 4 is 16.6 Å². The lowest BCUT2D eigenvalue weighted by atomic mass is 9.96. The van der Waals surface area contributed by atoms with E-state index in [1.165, 1.54) is 0 Å². The predicted molar refractivity (Wildman–Crippen MR) is 97.8 cm³/mol. The number of fused-ring (bicyclic) bond motifs is 1. The van der Waals surface area contributed by atoms with E-state index in [1.807, 2.05) is 23.7 Å². The Morgan fingerprint density at radius 2 is 1.88 bits per heavy atom. The van der Waals surface area contributed by atoms with Gasteiger partial charge in [0.1, 0.15) is 12.2 Å². The van der Waals surface area contributed by atoms with E-state index in [9.17, 15) is 0 Å². The Morgan fingerprint density at radius 1 is 1.08 bits per heavy atom. The zero-order valence-corrected chi connectivity index (χ0v) is 15.2. The molecule has 2 aromatic heterocycles. The maximum atomic E-state index is 5.47. The number of ether oxygens (including phenoxy) is 2. The molecule has 136 valence electrons. The van der Waals surface area contributed by atoms with Crippen LogP contribution in [-0.2, 0) is 7.05 Å². The summed E-state index contributed by atoms with van der Waals surface area (Å²) in [6.07, 6.45) is 5.68. The number of piperidine rings is 1. The van der Waals surface area contributed by atoms with Crippen molar-refractivity contribution in [2.75, 3.05) is 32.2 Å². The van der Waals surface area contributed by atoms with Gasteiger partial charge in [0, 0.05) is 36.8 Å². The van der Waals surface area contributed by atoms with E-state index in [2.05, 4.69) is 25.3 Å². The highest BCUT2D eigenvalue weighted by Gasteiger charge is 2.27. The summed E-state index contributed by atoms with van der Waals surface area (Å²) >= 11 is 0. The maximum absolute atomic E-state index is 5.47. The molecule has 0 aliphatic carbocycles. The van der Waals surface area contributed by atoms with Gasteiger partial charge in [0.05, 0.1) is 20.4 Å². The summed E-state index contributed by atoms with van der Waals surface area (Å²) < 4.78 is 12.9. The number of hydrogen-bond donors (Lipinski definition) is 0. The van der Waals surface area contributed by atoms with Crippen molar-refractivity contribution in [2.45, 2.75) is 18.8 Å². The predicted octanol–water partition coefficient (Wildman–Crippen LogP) is 2.16. The lowest BCUT2D eigenvalue weighted by Crippen LogP contribution is -2.36. The molecule has 3 aromatic rings. The first-order valence-electron chi connectivity index (χ1n) is 8.67. The molecule has 3 heterocycles. The molecule has 0 radical (unpaired) electrons. The van der Waals surface area contributed by atoms with Gasteiger partial charge >= 0.3 is 0 Å². The van der Waals surface area contributed by atoms with Crippen molar-refractivity contribution < 1.29 is 9.47 Å². The van der Waals surface area contributed by atoms with Gasteiger partial charge in [-0.1, -0.05) is 0 Å². The molecule has 0 N–H and O–H groups in total. The van der Waals surface area contributed by atoms with Crippen LogP contribution in [0, 0.1) is 0 Å². The highest BCUT2D eigenvalue weighted by atomic mass is 16.5. The average Bonchev–Trinajstić information content (AvgIpc) is 3.12. The molecule has 1 unspecified atom stereocenters. The van der Waals surface area contributed by atoms with E-state index in [-0.39, 0.29) is 0 Å². The maximum Gasteiger partial charge on any atom is 0.161 e. The second-order valence-corrected chi connectivity index (χ2v) is 6.55. The summed E-state index contributed by atoms with van der Waals surface area (Å²) in [6.45, 7) is 1.78. The molecule has 1 aliphatic heterocycles. The lowest BCUT2D eigenvalue weighted by Gasteiger charge is -2.33. The molecule has 0 amide bonds. The number of hydrogen-bond acceptors (Lipinski definition) is 7. The van der Waals surface area contributed by atoms with E-state index >= 15 is 0 Å². The van der Waals surface area contributed by atoms with Crippen LogP contribution in [0.4, 0.5) is 5.82 Å². The van der Waals surface area contributed by atoms with Gasteiger partial charge < -0.3 is 18.9 Å². The van der Waals surface area contributed by atoms with Crippen molar-refractivity contribution in [3.05, 3.63) is 30.5 Å². The highest BCUT2D eigenvalue weighted by Crippen LogP contribution is 2.37. The normalized spacial score (nSPS) is 17.5. The lowest BCUT2D eigenvalue weighted by molar-refractivity contribution is 0.356. The molecular weight excluding hydrogens is 332 g/mol. The van der Waals surface area contributed by atoms with Gasteiger partial charge in [-0.2, -0.15) is 5.10 Å². The Morgan fingerprint density at radius 3 is 2.62 bits per heavy atom. The largest absolute Gasteiger partial charge is 0.493 e. The molecule has 8 nitrogen and oxygen atoms in total. The van der Waals surface area contributed by atoms with Gasteiger partial charge in [-0.05, 0) is 25.0 Å². The number of aryl methyl sites for hydroxylation is 1. The molecule has 0 bridgehead atoms. The number of anilines is 1. The van der Waals surface area contributed by atoms with E-state index in [1.54, 1.807) is 26.7 Å². The fourth-order valence-electron chi connectivity index (χ4n) is 3.67. The van der Waals surface area contributed by atoms with E-state index in [0.717, 1.165) is 48.3 Å². The average molecular weight is 354 g/mol. The summed E-state index contributed by atoms with van der Waals surface area (Å²) in [5.74, 6) is 3.59. The summed E-state index contributed by atoms with van der Waals surface area (Å²) in [7, 11) is 5.27. The zero-order chi connectivity index (χ0) is 18.1. The van der Waals surface area contributed by atoms with Gasteiger partial charge in [0.25, 0.3) is 0 Å². The van der Waals surface area contributed by atoms with Crippen molar-refractivity contribution in [1.82, 2.24) is 25.0 Å². The molecule has 1 atom stereocenters. The van der Waals surface area contributed by atoms with Crippen molar-refractivity contribution in [2.24, 2.45) is 7.05 Å². The van der Waals surface area contributed by atoms with Crippen LogP contribution in [0.5, 0.6) is 11.5 Å². The van der Waals surface area contributed by atoms with E-state index in [0.29, 0.717) is 17.4 Å². The highest BCUT2D eigenvalue weighted by molar-refractivity contribution is 5.94. The number of benzene rings is 1. The first-order valence-corrected chi connectivity index (χ1v) is 8.67. The SMILES string of the molecule is COc1cc2cnnc(N3CCCC(c4nncn4C)C3)c2cc1OC. The van der Waals surface area contributed by atoms with Crippen LogP contribution in [-0.4, -0.2) is 52.3 Å². The number of rotatable bonds is 4. The third-order valence-corrected chi connectivity index (χ3v) is 4.98. The topological polar surface area (TPSA) is 78.2 Å². The number of nitrogens with zero attached hydrogens (tertiary/aromatic N) is 6. The van der Waals surface area contributed by atoms with Crippen molar-refractivity contribution in [3.63, 3.8) is 0 Å². The van der Waals surface area contributed by atoms with Crippen LogP contribution < -0.4 is 14.4 Å². The monoisotopic (exact) mass is 354 g/mol. The van der Waals surface area contributed by atoms with Crippen LogP contribution in [0.1, 0.15) is 24.6 Å². The van der Waals surface area contributed by atoms with Gasteiger partial charge in [0.2, 0.25) is 0 Å². The fraction of sp³-hybridized carbons (Fsp3) is 0.444. The van der Waals surface area contributed by atoms with Crippen molar-refractivity contribution in [1.29, 1.82) is 0 Å². The van der Waals surface area contributed by atoms with Crippen LogP contribution in [0.2, 0.25) is 0 Å². The Bertz CT molecular complexity index is 925. The standard InChI is InChI=1S/C18H22N6O2/c1-23-11-20-21-17(23)12-5-4-6-24(10-12)18-14-8-16(26-3)15(25-2)7-13(14)9-19-22-18/h7-9,11-12H,4-6,10H2,1-3H3. The molecule has 1 fully saturated rings. The molecule has 1 aliphatic rings. The van der Waals surface area contributed by atoms with Crippen molar-refractivity contribution in [3.8, 4) is 11.5 Å². The molecule has 26 heavy (non-hydrogen) atoms. The molecule has 4 rings (SSSR count). The minimum absolute atomic E-state index is 0.327. The Kier molecular flexibility index (Phi) is 4.32. The summed E-state index contributed by atoms with van der Waals surface area (Å²) in [5.41, 5.74) is 0. The molecule has 1 aromatic carbocycles. The second kappa shape index (κ2) is 6.78. The number of aromatic nitrogens is 5. The Balaban J connectivity index is 1.72. The molecule has 1 saturated heterocycles. The summed E-state index contributed by atoms with van der Waals surface area (Å²) in [5, 5.41) is 18.9. The third kappa shape index (κ3) is 2.81. The smallest absolute Gasteiger partial charge is 0.161 e. The van der Waals surface area contributed by atoms with Gasteiger partial charge in [0.15, 0.2) is 17.3 Å². The molecular formula is C18H22N6O2. The molecule has 0 spiro atoms. The Labute approximate surface area is 151 Å². The first-order chi connectivity index (χ1) is 12.7. The quantitative estimate of drug-likeness (QED) is 0.710. The summed E-state index contributed by atoms with van der Waals surface area (Å²) in [6, 6.07) is 3.92. The van der Waals surface area contributed by atoms with Crippen LogP contribution >= 0.6 is 0 Å². The summed E-state index contributed by atoms with van der Waals surface area (Å²) in [4.78, 5) is 2.28. The number of methoxy groups -OCH3 is 2. The fourth-order valence-corrected chi connectivity index (χ4v) is 3.67. The molecule has 0 saturated carbocycles. The second-order valence-electron chi connectivity index (χ2n) is 6.55. The van der Waals surface area contributed by atoms with Gasteiger partial charge in [-0.25, -0.2) is 0 Å². The Hall–Kier alpha value is -2.90.